The highest BCUT2D eigenvalue weighted by Crippen LogP contribution is 2.41. The molecule has 6 rings (SSSR count). The lowest BCUT2D eigenvalue weighted by atomic mass is 10.0. The van der Waals surface area contributed by atoms with E-state index in [0.717, 1.165) is 56.7 Å². The Bertz CT molecular complexity index is 1530. The Morgan fingerprint density at radius 3 is 2.54 bits per heavy atom. The van der Waals surface area contributed by atoms with Gasteiger partial charge >= 0.3 is 0 Å². The molecule has 1 amide bonds. The number of piperidine rings is 1. The lowest BCUT2D eigenvalue weighted by Gasteiger charge is -2.39. The van der Waals surface area contributed by atoms with Crippen molar-refractivity contribution in [1.82, 2.24) is 19.8 Å². The van der Waals surface area contributed by atoms with E-state index >= 15 is 0 Å². The number of likely N-dealkylation sites (tertiary alicyclic amines) is 1. The van der Waals surface area contributed by atoms with Crippen molar-refractivity contribution in [3.8, 4) is 5.75 Å². The zero-order valence-electron chi connectivity index (χ0n) is 26.8. The molecular formula is C34H43FN8O3. The highest BCUT2D eigenvalue weighted by Gasteiger charge is 2.33. The van der Waals surface area contributed by atoms with Crippen LogP contribution < -0.4 is 25.3 Å². The molecular weight excluding hydrogens is 587 g/mol. The molecule has 2 atom stereocenters. The highest BCUT2D eigenvalue weighted by atomic mass is 19.1. The monoisotopic (exact) mass is 630 g/mol. The molecule has 3 aliphatic rings. The molecule has 4 heterocycles. The summed E-state index contributed by atoms with van der Waals surface area (Å²) in [5.74, 6) is 1.13. The van der Waals surface area contributed by atoms with E-state index in [9.17, 15) is 9.18 Å². The van der Waals surface area contributed by atoms with Crippen molar-refractivity contribution in [3.63, 3.8) is 0 Å². The second-order valence-electron chi connectivity index (χ2n) is 12.3. The minimum absolute atomic E-state index is 0.109. The average Bonchev–Trinajstić information content (AvgIpc) is 3.77. The highest BCUT2D eigenvalue weighted by molar-refractivity contribution is 6.02. The number of ether oxygens (including phenoxy) is 1. The lowest BCUT2D eigenvalue weighted by molar-refractivity contribution is -0.111. The molecule has 46 heavy (non-hydrogen) atoms. The number of methoxy groups -OCH3 is 1. The summed E-state index contributed by atoms with van der Waals surface area (Å²) in [6, 6.07) is 13.1. The zero-order chi connectivity index (χ0) is 32.2. The third-order valence-corrected chi connectivity index (χ3v) is 9.31. The largest absolute Gasteiger partial charge is 0.494 e. The molecule has 0 saturated carbocycles. The number of rotatable bonds is 10. The smallest absolute Gasteiger partial charge is 0.247 e. The Hall–Kier alpha value is -4.26. The second kappa shape index (κ2) is 14.0. The summed E-state index contributed by atoms with van der Waals surface area (Å²) < 4.78 is 19.4. The van der Waals surface area contributed by atoms with E-state index in [0.29, 0.717) is 47.5 Å². The summed E-state index contributed by atoms with van der Waals surface area (Å²) in [7, 11) is 5.96. The van der Waals surface area contributed by atoms with E-state index in [1.54, 1.807) is 30.4 Å². The summed E-state index contributed by atoms with van der Waals surface area (Å²) in [6.45, 7) is 8.18. The quantitative estimate of drug-likeness (QED) is 0.299. The van der Waals surface area contributed by atoms with E-state index in [1.807, 2.05) is 12.1 Å². The number of hydrogen-bond donors (Lipinski definition) is 2. The summed E-state index contributed by atoms with van der Waals surface area (Å²) >= 11 is 0. The number of aromatic nitrogens is 2. The predicted octanol–water partition coefficient (Wildman–Crippen LogP) is 4.98. The molecule has 3 saturated heterocycles. The van der Waals surface area contributed by atoms with Crippen LogP contribution in [0.15, 0.2) is 61.4 Å². The van der Waals surface area contributed by atoms with E-state index < -0.39 is 0 Å². The van der Waals surface area contributed by atoms with Gasteiger partial charge < -0.3 is 25.2 Å². The van der Waals surface area contributed by atoms with Gasteiger partial charge in [0.2, 0.25) is 5.91 Å². The summed E-state index contributed by atoms with van der Waals surface area (Å²) in [6.07, 6.45) is 6.80. The summed E-state index contributed by atoms with van der Waals surface area (Å²) in [4.78, 5) is 34.7. The van der Waals surface area contributed by atoms with Gasteiger partial charge in [0, 0.05) is 56.8 Å². The Labute approximate surface area is 269 Å². The van der Waals surface area contributed by atoms with E-state index in [4.69, 9.17) is 9.57 Å². The number of anilines is 5. The first kappa shape index (κ1) is 31.7. The van der Waals surface area contributed by atoms with Gasteiger partial charge in [-0.2, -0.15) is 0 Å². The Balaban J connectivity index is 1.21. The molecule has 0 unspecified atom stereocenters. The summed E-state index contributed by atoms with van der Waals surface area (Å²) in [5, 5.41) is 8.10. The first-order valence-corrected chi connectivity index (χ1v) is 15.9. The van der Waals surface area contributed by atoms with Gasteiger partial charge in [-0.05, 0) is 63.2 Å². The Kier molecular flexibility index (Phi) is 9.67. The minimum Gasteiger partial charge on any atom is -0.494 e. The molecule has 244 valence electrons. The number of likely N-dealkylation sites (N-methyl/N-ethyl adjacent to an activating group) is 1. The number of carbonyl (C=O) groups excluding carboxylic acids is 1. The first-order valence-electron chi connectivity index (χ1n) is 15.9. The fourth-order valence-electron chi connectivity index (χ4n) is 6.73. The second-order valence-corrected chi connectivity index (χ2v) is 12.3. The Morgan fingerprint density at radius 2 is 1.85 bits per heavy atom. The summed E-state index contributed by atoms with van der Waals surface area (Å²) in [5.41, 5.74) is 3.14. The van der Waals surface area contributed by atoms with Crippen LogP contribution in [-0.4, -0.2) is 91.7 Å². The fraction of sp³-hybridized carbons (Fsp3) is 0.441. The molecule has 3 aromatic rings. The van der Waals surface area contributed by atoms with Crippen LogP contribution in [0.2, 0.25) is 0 Å². The van der Waals surface area contributed by atoms with Crippen molar-refractivity contribution in [2.75, 3.05) is 74.6 Å². The van der Waals surface area contributed by atoms with Gasteiger partial charge in [0.05, 0.1) is 36.8 Å². The average molecular weight is 631 g/mol. The maximum atomic E-state index is 13.6. The van der Waals surface area contributed by atoms with E-state index in [2.05, 4.69) is 56.0 Å². The number of hydrogen-bond acceptors (Lipinski definition) is 10. The van der Waals surface area contributed by atoms with Crippen LogP contribution in [-0.2, 0) is 9.63 Å². The topological polar surface area (TPSA) is 98.3 Å². The van der Waals surface area contributed by atoms with Crippen LogP contribution in [0, 0.1) is 5.82 Å². The van der Waals surface area contributed by atoms with Gasteiger partial charge in [-0.3, -0.25) is 14.5 Å². The Morgan fingerprint density at radius 1 is 1.07 bits per heavy atom. The lowest BCUT2D eigenvalue weighted by Crippen LogP contribution is -2.45. The number of amides is 1. The first-order chi connectivity index (χ1) is 22.3. The SMILES string of the molecule is C=CC(=O)Nc1cc(Nc2cc(N3OCC[C@@H]3c3ccc(F)cc3)ncn2)c(OC)cc1N1CCC(N2CC[C@@H](N(C)C)C2)CC1. The van der Waals surface area contributed by atoms with Crippen molar-refractivity contribution >= 4 is 34.6 Å². The molecule has 11 nitrogen and oxygen atoms in total. The van der Waals surface area contributed by atoms with Crippen LogP contribution in [0.3, 0.4) is 0 Å². The van der Waals surface area contributed by atoms with Gasteiger partial charge in [0.1, 0.15) is 23.7 Å². The van der Waals surface area contributed by atoms with Gasteiger partial charge in [-0.1, -0.05) is 18.7 Å². The molecule has 0 radical (unpaired) electrons. The zero-order valence-corrected chi connectivity index (χ0v) is 26.8. The van der Waals surface area contributed by atoms with Crippen molar-refractivity contribution in [2.24, 2.45) is 0 Å². The van der Waals surface area contributed by atoms with Crippen LogP contribution in [0.5, 0.6) is 5.75 Å². The minimum atomic E-state index is -0.290. The molecule has 0 aliphatic carbocycles. The molecule has 1 aromatic heterocycles. The third kappa shape index (κ3) is 6.93. The van der Waals surface area contributed by atoms with Crippen molar-refractivity contribution in [3.05, 3.63) is 72.8 Å². The maximum Gasteiger partial charge on any atom is 0.247 e. The number of carbonyl (C=O) groups is 1. The van der Waals surface area contributed by atoms with E-state index in [-0.39, 0.29) is 17.8 Å². The molecule has 3 fully saturated rings. The van der Waals surface area contributed by atoms with Crippen molar-refractivity contribution in [1.29, 1.82) is 0 Å². The maximum absolute atomic E-state index is 13.6. The molecule has 2 aromatic carbocycles. The van der Waals surface area contributed by atoms with Gasteiger partial charge in [-0.25, -0.2) is 19.4 Å². The van der Waals surface area contributed by atoms with Crippen LogP contribution in [0.4, 0.5) is 33.1 Å². The number of nitrogens with one attached hydrogen (secondary N) is 2. The van der Waals surface area contributed by atoms with Crippen LogP contribution >= 0.6 is 0 Å². The van der Waals surface area contributed by atoms with Crippen LogP contribution in [0.25, 0.3) is 0 Å². The molecule has 12 heteroatoms. The van der Waals surface area contributed by atoms with E-state index in [1.165, 1.54) is 31.0 Å². The number of nitrogens with zero attached hydrogens (tertiary/aromatic N) is 6. The molecule has 3 aliphatic heterocycles. The predicted molar refractivity (Wildman–Crippen MR) is 178 cm³/mol. The number of hydroxylamine groups is 1. The normalized spacial score (nSPS) is 20.7. The third-order valence-electron chi connectivity index (χ3n) is 9.31. The molecule has 0 spiro atoms. The van der Waals surface area contributed by atoms with Gasteiger partial charge in [0.15, 0.2) is 5.82 Å². The standard InChI is InChI=1S/C34H43FN8O3/c1-5-34(44)39-27-18-28(31(45-4)19-30(27)41-14-10-25(11-15-41)42-16-12-26(21-42)40(2)3)38-32-20-33(37-22-36-32)43-29(13-17-46-43)23-6-8-24(35)9-7-23/h5-9,18-20,22,25-26,29H,1,10-17,21H2,2-4H3,(H,39,44)(H,36,37,38)/t26-,29-/m1/s1. The van der Waals surface area contributed by atoms with Crippen molar-refractivity contribution in [2.45, 2.75) is 43.8 Å². The van der Waals surface area contributed by atoms with Crippen LogP contribution in [0.1, 0.15) is 37.3 Å². The molecule has 0 bridgehead atoms. The van der Waals surface area contributed by atoms with Crippen molar-refractivity contribution < 1.29 is 18.8 Å². The van der Waals surface area contributed by atoms with Gasteiger partial charge in [0.25, 0.3) is 0 Å². The molecule has 2 N–H and O–H groups in total. The van der Waals surface area contributed by atoms with Gasteiger partial charge in [-0.15, -0.1) is 0 Å². The number of halogens is 1. The number of benzene rings is 2. The fourth-order valence-corrected chi connectivity index (χ4v) is 6.73.